The van der Waals surface area contributed by atoms with Crippen LogP contribution in [0.25, 0.3) is 10.9 Å². The summed E-state index contributed by atoms with van der Waals surface area (Å²) in [7, 11) is 0. The smallest absolute Gasteiger partial charge is 0.147 e. The molecule has 1 heterocycles. The molecule has 96 valence electrons. The zero-order valence-electron chi connectivity index (χ0n) is 10.1. The highest BCUT2D eigenvalue weighted by Crippen LogP contribution is 2.26. The molecule has 0 saturated carbocycles. The van der Waals surface area contributed by atoms with Crippen molar-refractivity contribution < 1.29 is 4.39 Å². The number of rotatable bonds is 3. The highest BCUT2D eigenvalue weighted by Gasteiger charge is 2.06. The molecule has 0 spiro atoms. The number of benzene rings is 2. The summed E-state index contributed by atoms with van der Waals surface area (Å²) in [6.45, 7) is 0.578. The van der Waals surface area contributed by atoms with Crippen LogP contribution < -0.4 is 5.32 Å². The zero-order chi connectivity index (χ0) is 13.2. The Labute approximate surface area is 118 Å². The van der Waals surface area contributed by atoms with Gasteiger partial charge in [-0.15, -0.1) is 0 Å². The van der Waals surface area contributed by atoms with E-state index in [9.17, 15) is 4.39 Å². The zero-order valence-corrected chi connectivity index (χ0v) is 11.7. The van der Waals surface area contributed by atoms with Crippen LogP contribution >= 0.6 is 15.9 Å². The first-order valence-electron chi connectivity index (χ1n) is 5.98. The van der Waals surface area contributed by atoms with E-state index in [1.54, 1.807) is 6.07 Å². The molecule has 2 nitrogen and oxygen atoms in total. The summed E-state index contributed by atoms with van der Waals surface area (Å²) in [6.07, 6.45) is 1.91. The van der Waals surface area contributed by atoms with Crippen LogP contribution in [0, 0.1) is 5.82 Å². The van der Waals surface area contributed by atoms with Crippen LogP contribution in [-0.2, 0) is 6.54 Å². The monoisotopic (exact) mass is 318 g/mol. The maximum absolute atomic E-state index is 13.7. The van der Waals surface area contributed by atoms with E-state index in [0.29, 0.717) is 12.2 Å². The fraction of sp³-hybridized carbons (Fsp3) is 0.0667. The van der Waals surface area contributed by atoms with Crippen LogP contribution in [0.3, 0.4) is 0 Å². The van der Waals surface area contributed by atoms with Crippen LogP contribution in [0.2, 0.25) is 0 Å². The van der Waals surface area contributed by atoms with Gasteiger partial charge >= 0.3 is 0 Å². The van der Waals surface area contributed by atoms with Gasteiger partial charge in [0.1, 0.15) is 5.82 Å². The molecule has 3 aromatic rings. The number of halogens is 2. The average Bonchev–Trinajstić information content (AvgIpc) is 2.85. The largest absolute Gasteiger partial charge is 0.378 e. The number of fused-ring (bicyclic) bond motifs is 1. The molecule has 0 fully saturated rings. The molecule has 19 heavy (non-hydrogen) atoms. The Bertz CT molecular complexity index is 701. The molecular weight excluding hydrogens is 307 g/mol. The maximum Gasteiger partial charge on any atom is 0.147 e. The van der Waals surface area contributed by atoms with Gasteiger partial charge in [0, 0.05) is 22.7 Å². The molecule has 0 unspecified atom stereocenters. The molecule has 0 aliphatic heterocycles. The van der Waals surface area contributed by atoms with Gasteiger partial charge in [-0.3, -0.25) is 0 Å². The van der Waals surface area contributed by atoms with Crippen molar-refractivity contribution in [1.29, 1.82) is 0 Å². The normalized spacial score (nSPS) is 10.8. The van der Waals surface area contributed by atoms with Gasteiger partial charge in [0.15, 0.2) is 0 Å². The minimum atomic E-state index is -0.254. The number of hydrogen-bond acceptors (Lipinski definition) is 1. The molecule has 2 aromatic carbocycles. The number of aromatic nitrogens is 1. The predicted octanol–water partition coefficient (Wildman–Crippen LogP) is 4.68. The number of H-pyrrole nitrogens is 1. The Kier molecular flexibility index (Phi) is 3.25. The summed E-state index contributed by atoms with van der Waals surface area (Å²) < 4.78 is 14.4. The molecule has 2 N–H and O–H groups in total. The first-order chi connectivity index (χ1) is 9.24. The second-order valence-electron chi connectivity index (χ2n) is 4.35. The summed E-state index contributed by atoms with van der Waals surface area (Å²) in [5.74, 6) is -0.254. The van der Waals surface area contributed by atoms with Gasteiger partial charge in [0.05, 0.1) is 5.69 Å². The maximum atomic E-state index is 13.7. The van der Waals surface area contributed by atoms with Gasteiger partial charge in [-0.05, 0) is 51.1 Å². The van der Waals surface area contributed by atoms with E-state index >= 15 is 0 Å². The third kappa shape index (κ3) is 2.49. The minimum absolute atomic E-state index is 0.254. The Morgan fingerprint density at radius 2 is 2.05 bits per heavy atom. The van der Waals surface area contributed by atoms with Crippen molar-refractivity contribution in [3.63, 3.8) is 0 Å². The first-order valence-corrected chi connectivity index (χ1v) is 6.77. The van der Waals surface area contributed by atoms with Crippen LogP contribution in [-0.4, -0.2) is 4.98 Å². The van der Waals surface area contributed by atoms with Gasteiger partial charge in [-0.25, -0.2) is 4.39 Å². The van der Waals surface area contributed by atoms with Crippen LogP contribution in [0.1, 0.15) is 5.56 Å². The topological polar surface area (TPSA) is 27.8 Å². The second kappa shape index (κ2) is 5.05. The Morgan fingerprint density at radius 1 is 1.16 bits per heavy atom. The van der Waals surface area contributed by atoms with Crippen molar-refractivity contribution in [2.75, 3.05) is 5.32 Å². The molecule has 1 aromatic heterocycles. The van der Waals surface area contributed by atoms with Crippen LogP contribution in [0.15, 0.2) is 53.1 Å². The molecule has 4 heteroatoms. The highest BCUT2D eigenvalue weighted by molar-refractivity contribution is 9.10. The molecule has 0 bridgehead atoms. The molecule has 0 saturated heterocycles. The van der Waals surface area contributed by atoms with Crippen molar-refractivity contribution >= 4 is 32.5 Å². The van der Waals surface area contributed by atoms with E-state index in [2.05, 4.69) is 38.4 Å². The highest BCUT2D eigenvalue weighted by atomic mass is 79.9. The lowest BCUT2D eigenvalue weighted by Gasteiger charge is -2.09. The Hall–Kier alpha value is -1.81. The third-order valence-electron chi connectivity index (χ3n) is 3.05. The molecule has 3 rings (SSSR count). The van der Waals surface area contributed by atoms with Gasteiger partial charge < -0.3 is 10.3 Å². The summed E-state index contributed by atoms with van der Waals surface area (Å²) in [6, 6.07) is 13.1. The lowest BCUT2D eigenvalue weighted by molar-refractivity contribution is 0.629. The van der Waals surface area contributed by atoms with Crippen molar-refractivity contribution in [1.82, 2.24) is 4.98 Å². The predicted molar refractivity (Wildman–Crippen MR) is 79.7 cm³/mol. The number of hydrogen-bond donors (Lipinski definition) is 2. The van der Waals surface area contributed by atoms with E-state index < -0.39 is 0 Å². The molecular formula is C15H12BrFN2. The fourth-order valence-electron chi connectivity index (χ4n) is 2.06. The van der Waals surface area contributed by atoms with E-state index in [1.165, 1.54) is 11.5 Å². The van der Waals surface area contributed by atoms with Crippen molar-refractivity contribution in [3.8, 4) is 0 Å². The second-order valence-corrected chi connectivity index (χ2v) is 5.20. The molecule has 0 radical (unpaired) electrons. The average molecular weight is 319 g/mol. The SMILES string of the molecule is Fc1cccc(Br)c1NCc1ccc2cc[nH]c2c1. The number of para-hydroxylation sites is 1. The molecule has 0 aliphatic rings. The van der Waals surface area contributed by atoms with E-state index in [4.69, 9.17) is 0 Å². The van der Waals surface area contributed by atoms with Crippen molar-refractivity contribution in [2.24, 2.45) is 0 Å². The molecule has 0 amide bonds. The number of nitrogens with one attached hydrogen (secondary N) is 2. The van der Waals surface area contributed by atoms with E-state index in [-0.39, 0.29) is 5.82 Å². The third-order valence-corrected chi connectivity index (χ3v) is 3.71. The first kappa shape index (κ1) is 12.2. The van der Waals surface area contributed by atoms with E-state index in [0.717, 1.165) is 15.6 Å². The van der Waals surface area contributed by atoms with Gasteiger partial charge in [0.25, 0.3) is 0 Å². The van der Waals surface area contributed by atoms with Crippen LogP contribution in [0.4, 0.5) is 10.1 Å². The summed E-state index contributed by atoms with van der Waals surface area (Å²) in [5, 5.41) is 4.30. The lowest BCUT2D eigenvalue weighted by atomic mass is 10.1. The van der Waals surface area contributed by atoms with E-state index in [1.807, 2.05) is 24.4 Å². The van der Waals surface area contributed by atoms with Gasteiger partial charge in [-0.1, -0.05) is 18.2 Å². The fourth-order valence-corrected chi connectivity index (χ4v) is 2.54. The number of aromatic amines is 1. The van der Waals surface area contributed by atoms with Gasteiger partial charge in [-0.2, -0.15) is 0 Å². The Morgan fingerprint density at radius 3 is 2.89 bits per heavy atom. The number of anilines is 1. The lowest BCUT2D eigenvalue weighted by Crippen LogP contribution is -2.02. The summed E-state index contributed by atoms with van der Waals surface area (Å²) in [5.41, 5.74) is 2.69. The standard InChI is InChI=1S/C15H12BrFN2/c16-12-2-1-3-13(17)15(12)19-9-10-4-5-11-6-7-18-14(11)8-10/h1-8,18-19H,9H2. The Balaban J connectivity index is 1.82. The molecule has 0 aliphatic carbocycles. The van der Waals surface area contributed by atoms with Crippen LogP contribution in [0.5, 0.6) is 0 Å². The van der Waals surface area contributed by atoms with Crippen molar-refractivity contribution in [3.05, 3.63) is 64.5 Å². The summed E-state index contributed by atoms with van der Waals surface area (Å²) >= 11 is 3.35. The quantitative estimate of drug-likeness (QED) is 0.721. The molecule has 0 atom stereocenters. The summed E-state index contributed by atoms with van der Waals surface area (Å²) in [4.78, 5) is 3.17. The van der Waals surface area contributed by atoms with Crippen molar-refractivity contribution in [2.45, 2.75) is 6.54 Å². The minimum Gasteiger partial charge on any atom is -0.378 e. The van der Waals surface area contributed by atoms with Gasteiger partial charge in [0.2, 0.25) is 0 Å².